The lowest BCUT2D eigenvalue weighted by molar-refractivity contribution is -0.921. The van der Waals surface area contributed by atoms with Crippen LogP contribution >= 0.6 is 0 Å². The smallest absolute Gasteiger partial charge is 0.104 e. The number of rotatable bonds is 29. The van der Waals surface area contributed by atoms with Gasteiger partial charge in [0.15, 0.2) is 0 Å². The van der Waals surface area contributed by atoms with E-state index < -0.39 is 0 Å². The quantitative estimate of drug-likeness (QED) is 0.0624. The first kappa shape index (κ1) is 46.9. The van der Waals surface area contributed by atoms with Crippen LogP contribution in [0, 0.1) is 0 Å². The van der Waals surface area contributed by atoms with Gasteiger partial charge in [0.1, 0.15) is 13.1 Å². The second-order valence-electron chi connectivity index (χ2n) is 15.4. The molecule has 2 nitrogen and oxygen atoms in total. The molecule has 2 unspecified atom stereocenters. The second-order valence-corrected chi connectivity index (χ2v) is 15.4. The van der Waals surface area contributed by atoms with Gasteiger partial charge in [-0.15, -0.1) is 0 Å². The molecule has 0 aliphatic rings. The van der Waals surface area contributed by atoms with Crippen molar-refractivity contribution < 1.29 is 33.8 Å². The van der Waals surface area contributed by atoms with Gasteiger partial charge < -0.3 is 33.8 Å². The van der Waals surface area contributed by atoms with Gasteiger partial charge in [-0.3, -0.25) is 0 Å². The van der Waals surface area contributed by atoms with Crippen LogP contribution in [0.1, 0.15) is 167 Å². The Morgan fingerprint density at radius 3 is 0.854 bits per heavy atom. The van der Waals surface area contributed by atoms with Crippen LogP contribution in [0.5, 0.6) is 0 Å². The topological polar surface area (TPSA) is 0 Å². The summed E-state index contributed by atoms with van der Waals surface area (Å²) in [5, 5.41) is 0. The summed E-state index contributed by atoms with van der Waals surface area (Å²) in [4.78, 5) is 0. The maximum Gasteiger partial charge on any atom is 0.104 e. The van der Waals surface area contributed by atoms with Gasteiger partial charge in [0.05, 0.1) is 40.3 Å². The summed E-state index contributed by atoms with van der Waals surface area (Å²) in [6.07, 6.45) is 28.3. The van der Waals surface area contributed by atoms with Crippen molar-refractivity contribution >= 4 is 0 Å². The molecular formula is C44H78Cl2N2. The molecule has 2 aromatic rings. The molecule has 0 amide bonds. The van der Waals surface area contributed by atoms with Crippen molar-refractivity contribution in [1.29, 1.82) is 0 Å². The molecule has 0 radical (unpaired) electrons. The summed E-state index contributed by atoms with van der Waals surface area (Å²) < 4.78 is 2.30. The van der Waals surface area contributed by atoms with E-state index in [-0.39, 0.29) is 24.8 Å². The SMILES string of the molecule is CCCCCCCCCCCC[N+](C)(CC)Cc1ccc(-c2ccc(C[N+](C)(CC)CCCCCCCCCCCC)cc2)cc1.[Cl-].[Cl-]. The van der Waals surface area contributed by atoms with Gasteiger partial charge in [-0.1, -0.05) is 165 Å². The van der Waals surface area contributed by atoms with Gasteiger partial charge in [-0.25, -0.2) is 0 Å². The maximum absolute atomic E-state index is 2.46. The third kappa shape index (κ3) is 20.6. The standard InChI is InChI=1S/C44H78N2.2ClH/c1-7-11-13-15-17-19-21-23-25-27-37-45(5,9-3)39-41-29-33-43(34-30-41)44-35-31-42(32-36-44)40-46(6,10-4)38-28-26-24-22-20-18-16-14-12-8-2;;/h29-36H,7-28,37-40H2,1-6H3;2*1H/q+2;;/p-2. The van der Waals surface area contributed by atoms with E-state index in [2.05, 4.69) is 90.3 Å². The number of nitrogens with zero attached hydrogens (tertiary/aromatic N) is 2. The zero-order valence-electron chi connectivity index (χ0n) is 32.7. The lowest BCUT2D eigenvalue weighted by Gasteiger charge is -2.34. The average molecular weight is 706 g/mol. The molecule has 278 valence electrons. The normalized spacial score (nSPS) is 13.7. The van der Waals surface area contributed by atoms with Crippen molar-refractivity contribution in [2.75, 3.05) is 40.3 Å². The van der Waals surface area contributed by atoms with E-state index >= 15 is 0 Å². The first-order chi connectivity index (χ1) is 22.4. The summed E-state index contributed by atoms with van der Waals surface area (Å²) in [7, 11) is 4.92. The van der Waals surface area contributed by atoms with E-state index in [9.17, 15) is 0 Å². The van der Waals surface area contributed by atoms with Gasteiger partial charge in [-0.05, 0) is 50.7 Å². The Morgan fingerprint density at radius 1 is 0.354 bits per heavy atom. The van der Waals surface area contributed by atoms with Crippen LogP contribution in [-0.2, 0) is 13.1 Å². The Kier molecular flexibility index (Phi) is 28.0. The average Bonchev–Trinajstić information content (AvgIpc) is 3.07. The minimum Gasteiger partial charge on any atom is -1.00 e. The predicted octanol–water partition coefficient (Wildman–Crippen LogP) is 7.14. The summed E-state index contributed by atoms with van der Waals surface area (Å²) in [6, 6.07) is 18.9. The number of halogens is 2. The minimum absolute atomic E-state index is 0. The van der Waals surface area contributed by atoms with Gasteiger partial charge in [-0.2, -0.15) is 0 Å². The van der Waals surface area contributed by atoms with Gasteiger partial charge in [0.2, 0.25) is 0 Å². The molecule has 0 saturated carbocycles. The van der Waals surface area contributed by atoms with E-state index in [1.165, 1.54) is 177 Å². The molecule has 48 heavy (non-hydrogen) atoms. The largest absolute Gasteiger partial charge is 1.00 e. The van der Waals surface area contributed by atoms with Gasteiger partial charge in [0.25, 0.3) is 0 Å². The molecule has 0 saturated heterocycles. The number of quaternary nitrogens is 2. The van der Waals surface area contributed by atoms with E-state index in [0.717, 1.165) is 22.1 Å². The van der Waals surface area contributed by atoms with Crippen LogP contribution in [0.2, 0.25) is 0 Å². The highest BCUT2D eigenvalue weighted by atomic mass is 35.5. The predicted molar refractivity (Wildman–Crippen MR) is 206 cm³/mol. The van der Waals surface area contributed by atoms with Crippen LogP contribution in [0.3, 0.4) is 0 Å². The molecule has 2 rings (SSSR count). The molecule has 0 spiro atoms. The Labute approximate surface area is 312 Å². The maximum atomic E-state index is 2.46. The third-order valence-corrected chi connectivity index (χ3v) is 11.0. The van der Waals surface area contributed by atoms with Crippen molar-refractivity contribution in [3.05, 3.63) is 59.7 Å². The fourth-order valence-electron chi connectivity index (χ4n) is 7.15. The molecule has 0 aliphatic carbocycles. The van der Waals surface area contributed by atoms with Gasteiger partial charge >= 0.3 is 0 Å². The molecule has 0 bridgehead atoms. The Morgan fingerprint density at radius 2 is 0.604 bits per heavy atom. The molecule has 2 atom stereocenters. The monoisotopic (exact) mass is 705 g/mol. The third-order valence-electron chi connectivity index (χ3n) is 11.0. The Bertz CT molecular complexity index is 910. The van der Waals surface area contributed by atoms with Crippen molar-refractivity contribution in [2.24, 2.45) is 0 Å². The van der Waals surface area contributed by atoms with E-state index in [0.29, 0.717) is 0 Å². The van der Waals surface area contributed by atoms with Crippen LogP contribution in [0.15, 0.2) is 48.5 Å². The number of unbranched alkanes of at least 4 members (excludes halogenated alkanes) is 18. The first-order valence-corrected chi connectivity index (χ1v) is 20.2. The zero-order chi connectivity index (χ0) is 33.4. The van der Waals surface area contributed by atoms with E-state index in [4.69, 9.17) is 0 Å². The molecule has 0 aliphatic heterocycles. The van der Waals surface area contributed by atoms with E-state index in [1.807, 2.05) is 0 Å². The Balaban J connectivity index is 0.0000110. The summed E-state index contributed by atoms with van der Waals surface area (Å²) in [6.45, 7) is 16.6. The molecule has 0 fully saturated rings. The fraction of sp³-hybridized carbons (Fsp3) is 0.727. The van der Waals surface area contributed by atoms with Gasteiger partial charge in [0, 0.05) is 11.1 Å². The van der Waals surface area contributed by atoms with Crippen LogP contribution in [0.4, 0.5) is 0 Å². The first-order valence-electron chi connectivity index (χ1n) is 20.2. The molecule has 0 aromatic heterocycles. The second kappa shape index (κ2) is 28.6. The number of hydrogen-bond acceptors (Lipinski definition) is 0. The van der Waals surface area contributed by atoms with Crippen molar-refractivity contribution in [3.63, 3.8) is 0 Å². The van der Waals surface area contributed by atoms with Crippen LogP contribution in [0.25, 0.3) is 11.1 Å². The molecular weight excluding hydrogens is 627 g/mol. The summed E-state index contributed by atoms with van der Waals surface area (Å²) in [5.74, 6) is 0. The van der Waals surface area contributed by atoms with Crippen LogP contribution in [-0.4, -0.2) is 49.2 Å². The molecule has 2 aromatic carbocycles. The number of hydrogen-bond donors (Lipinski definition) is 0. The minimum atomic E-state index is 0. The highest BCUT2D eigenvalue weighted by Gasteiger charge is 2.21. The molecule has 0 N–H and O–H groups in total. The lowest BCUT2D eigenvalue weighted by Crippen LogP contribution is -3.00. The Hall–Kier alpha value is -1.06. The molecule has 4 heteroatoms. The lowest BCUT2D eigenvalue weighted by atomic mass is 10.0. The fourth-order valence-corrected chi connectivity index (χ4v) is 7.15. The highest BCUT2D eigenvalue weighted by Crippen LogP contribution is 2.24. The summed E-state index contributed by atoms with van der Waals surface area (Å²) in [5.41, 5.74) is 5.63. The van der Waals surface area contributed by atoms with Crippen molar-refractivity contribution in [3.8, 4) is 11.1 Å². The highest BCUT2D eigenvalue weighted by molar-refractivity contribution is 5.63. The van der Waals surface area contributed by atoms with Crippen molar-refractivity contribution in [1.82, 2.24) is 0 Å². The molecule has 0 heterocycles. The zero-order valence-corrected chi connectivity index (χ0v) is 34.2. The van der Waals surface area contributed by atoms with E-state index in [1.54, 1.807) is 0 Å². The summed E-state index contributed by atoms with van der Waals surface area (Å²) >= 11 is 0. The number of benzene rings is 2. The van der Waals surface area contributed by atoms with Crippen molar-refractivity contribution in [2.45, 2.75) is 169 Å². The van der Waals surface area contributed by atoms with Crippen LogP contribution < -0.4 is 24.8 Å².